The van der Waals surface area contributed by atoms with Gasteiger partial charge in [0.05, 0.1) is 0 Å². The second-order valence-electron chi connectivity index (χ2n) is 4.98. The smallest absolute Gasteiger partial charge is 0.0290 e. The third-order valence-corrected chi connectivity index (χ3v) is 5.34. The van der Waals surface area contributed by atoms with Gasteiger partial charge in [0.1, 0.15) is 0 Å². The molecule has 2 fully saturated rings. The number of nitrogens with zero attached hydrogens (tertiary/aromatic N) is 1. The van der Waals surface area contributed by atoms with Gasteiger partial charge in [0.25, 0.3) is 0 Å². The van der Waals surface area contributed by atoms with Crippen molar-refractivity contribution in [3.05, 3.63) is 0 Å². The molecule has 2 N–H and O–H groups in total. The van der Waals surface area contributed by atoms with Crippen molar-refractivity contribution in [2.75, 3.05) is 32.4 Å². The summed E-state index contributed by atoms with van der Waals surface area (Å²) in [6.45, 7) is 3.47. The SMILES string of the molecule is CN1CCCC2(CC(CCN)CS2)C1. The average molecular weight is 214 g/mol. The lowest BCUT2D eigenvalue weighted by Crippen LogP contribution is -2.42. The Kier molecular flexibility index (Phi) is 3.40. The fraction of sp³-hybridized carbons (Fsp3) is 1.00. The van der Waals surface area contributed by atoms with Crippen molar-refractivity contribution in [3.63, 3.8) is 0 Å². The summed E-state index contributed by atoms with van der Waals surface area (Å²) in [5, 5.41) is 0. The van der Waals surface area contributed by atoms with Crippen molar-refractivity contribution in [2.24, 2.45) is 11.7 Å². The Bertz CT molecular complexity index is 198. The number of nitrogens with two attached hydrogens (primary N) is 1. The van der Waals surface area contributed by atoms with E-state index < -0.39 is 0 Å². The molecule has 3 heteroatoms. The molecule has 2 rings (SSSR count). The van der Waals surface area contributed by atoms with E-state index in [4.69, 9.17) is 5.73 Å². The van der Waals surface area contributed by atoms with Gasteiger partial charge in [0.15, 0.2) is 0 Å². The van der Waals surface area contributed by atoms with E-state index >= 15 is 0 Å². The summed E-state index contributed by atoms with van der Waals surface area (Å²) in [6.07, 6.45) is 5.47. The minimum Gasteiger partial charge on any atom is -0.330 e. The van der Waals surface area contributed by atoms with E-state index in [2.05, 4.69) is 23.7 Å². The van der Waals surface area contributed by atoms with Gasteiger partial charge in [-0.1, -0.05) is 0 Å². The zero-order valence-corrected chi connectivity index (χ0v) is 9.98. The van der Waals surface area contributed by atoms with Crippen LogP contribution >= 0.6 is 11.8 Å². The van der Waals surface area contributed by atoms with Gasteiger partial charge in [0, 0.05) is 11.3 Å². The van der Waals surface area contributed by atoms with E-state index in [0.717, 1.165) is 12.5 Å². The van der Waals surface area contributed by atoms with Crippen molar-refractivity contribution < 1.29 is 0 Å². The first-order valence-electron chi connectivity index (χ1n) is 5.77. The van der Waals surface area contributed by atoms with E-state index in [1.807, 2.05) is 0 Å². The summed E-state index contributed by atoms with van der Waals surface area (Å²) in [5.74, 6) is 2.25. The number of hydrogen-bond donors (Lipinski definition) is 1. The molecule has 0 amide bonds. The van der Waals surface area contributed by atoms with E-state index in [1.165, 1.54) is 44.5 Å². The van der Waals surface area contributed by atoms with Gasteiger partial charge >= 0.3 is 0 Å². The van der Waals surface area contributed by atoms with Crippen LogP contribution in [0.2, 0.25) is 0 Å². The van der Waals surface area contributed by atoms with Crippen molar-refractivity contribution in [2.45, 2.75) is 30.4 Å². The van der Waals surface area contributed by atoms with Gasteiger partial charge in [-0.2, -0.15) is 11.8 Å². The molecule has 0 aromatic rings. The topological polar surface area (TPSA) is 29.3 Å². The molecular formula is C11H22N2S. The zero-order valence-electron chi connectivity index (χ0n) is 9.17. The molecule has 2 aliphatic rings. The molecule has 0 saturated carbocycles. The van der Waals surface area contributed by atoms with E-state index in [0.29, 0.717) is 4.75 Å². The fourth-order valence-electron chi connectivity index (χ4n) is 2.97. The number of rotatable bonds is 2. The lowest BCUT2D eigenvalue weighted by Gasteiger charge is -2.38. The molecule has 0 aliphatic carbocycles. The maximum atomic E-state index is 5.63. The van der Waals surface area contributed by atoms with Gasteiger partial charge in [-0.15, -0.1) is 0 Å². The Labute approximate surface area is 91.6 Å². The predicted octanol–water partition coefficient (Wildman–Crippen LogP) is 1.55. The fourth-order valence-corrected chi connectivity index (χ4v) is 4.79. The second-order valence-corrected chi connectivity index (χ2v) is 6.47. The molecule has 14 heavy (non-hydrogen) atoms. The molecule has 82 valence electrons. The summed E-state index contributed by atoms with van der Waals surface area (Å²) in [6, 6.07) is 0. The minimum atomic E-state index is 0.604. The van der Waals surface area contributed by atoms with Crippen molar-refractivity contribution >= 4 is 11.8 Å². The monoisotopic (exact) mass is 214 g/mol. The van der Waals surface area contributed by atoms with Gasteiger partial charge in [0.2, 0.25) is 0 Å². The first kappa shape index (κ1) is 10.8. The first-order valence-corrected chi connectivity index (χ1v) is 6.75. The Morgan fingerprint density at radius 1 is 1.57 bits per heavy atom. The third kappa shape index (κ3) is 2.26. The van der Waals surface area contributed by atoms with Crippen molar-refractivity contribution in [1.82, 2.24) is 4.90 Å². The van der Waals surface area contributed by atoms with Crippen LogP contribution in [0.15, 0.2) is 0 Å². The largest absolute Gasteiger partial charge is 0.330 e. The summed E-state index contributed by atoms with van der Waals surface area (Å²) < 4.78 is 0.604. The van der Waals surface area contributed by atoms with Gasteiger partial charge in [-0.3, -0.25) is 0 Å². The van der Waals surface area contributed by atoms with Crippen LogP contribution in [0.25, 0.3) is 0 Å². The lowest BCUT2D eigenvalue weighted by molar-refractivity contribution is 0.218. The quantitative estimate of drug-likeness (QED) is 0.756. The standard InChI is InChI=1S/C11H22N2S/c1-13-6-2-4-11(9-13)7-10(3-5-12)8-14-11/h10H,2-9,12H2,1H3. The van der Waals surface area contributed by atoms with Gasteiger partial charge in [-0.05, 0) is 57.5 Å². The number of thioether (sulfide) groups is 1. The highest BCUT2D eigenvalue weighted by Crippen LogP contribution is 2.47. The summed E-state index contributed by atoms with van der Waals surface area (Å²) in [5.41, 5.74) is 5.63. The predicted molar refractivity (Wildman–Crippen MR) is 63.7 cm³/mol. The van der Waals surface area contributed by atoms with Crippen molar-refractivity contribution in [3.8, 4) is 0 Å². The first-order chi connectivity index (χ1) is 6.74. The molecule has 0 aromatic carbocycles. The molecule has 0 radical (unpaired) electrons. The zero-order chi connectivity index (χ0) is 10.0. The van der Waals surface area contributed by atoms with E-state index in [1.54, 1.807) is 0 Å². The minimum absolute atomic E-state index is 0.604. The van der Waals surface area contributed by atoms with Gasteiger partial charge in [-0.25, -0.2) is 0 Å². The molecule has 2 nitrogen and oxygen atoms in total. The van der Waals surface area contributed by atoms with Crippen molar-refractivity contribution in [1.29, 1.82) is 0 Å². The molecule has 2 heterocycles. The number of likely N-dealkylation sites (tertiary alicyclic amines) is 1. The third-order valence-electron chi connectivity index (χ3n) is 3.59. The van der Waals surface area contributed by atoms with Gasteiger partial charge < -0.3 is 10.6 Å². The Morgan fingerprint density at radius 3 is 3.14 bits per heavy atom. The van der Waals surface area contributed by atoms with Crippen LogP contribution in [-0.4, -0.2) is 42.1 Å². The number of piperidine rings is 1. The maximum Gasteiger partial charge on any atom is 0.0290 e. The molecule has 0 aromatic heterocycles. The Balaban J connectivity index is 1.91. The van der Waals surface area contributed by atoms with Crippen LogP contribution in [0.5, 0.6) is 0 Å². The summed E-state index contributed by atoms with van der Waals surface area (Å²) in [7, 11) is 2.26. The molecule has 2 saturated heterocycles. The Hall–Kier alpha value is 0.270. The molecule has 1 spiro atoms. The number of hydrogen-bond acceptors (Lipinski definition) is 3. The van der Waals surface area contributed by atoms with Crippen LogP contribution in [0.4, 0.5) is 0 Å². The highest BCUT2D eigenvalue weighted by Gasteiger charge is 2.41. The normalized spacial score (nSPS) is 39.4. The summed E-state index contributed by atoms with van der Waals surface area (Å²) in [4.78, 5) is 2.50. The molecule has 2 unspecified atom stereocenters. The molecular weight excluding hydrogens is 192 g/mol. The highest BCUT2D eigenvalue weighted by atomic mass is 32.2. The van der Waals surface area contributed by atoms with Crippen LogP contribution in [0.3, 0.4) is 0 Å². The highest BCUT2D eigenvalue weighted by molar-refractivity contribution is 8.00. The van der Waals surface area contributed by atoms with Crippen LogP contribution in [-0.2, 0) is 0 Å². The molecule has 2 aliphatic heterocycles. The lowest BCUT2D eigenvalue weighted by atomic mass is 9.87. The maximum absolute atomic E-state index is 5.63. The Morgan fingerprint density at radius 2 is 2.43 bits per heavy atom. The van der Waals surface area contributed by atoms with E-state index in [9.17, 15) is 0 Å². The second kappa shape index (κ2) is 4.42. The molecule has 2 atom stereocenters. The van der Waals surface area contributed by atoms with Crippen LogP contribution < -0.4 is 5.73 Å². The van der Waals surface area contributed by atoms with Crippen LogP contribution in [0, 0.1) is 5.92 Å². The van der Waals surface area contributed by atoms with E-state index in [-0.39, 0.29) is 0 Å². The average Bonchev–Trinajstić information content (AvgIpc) is 2.49. The molecule has 0 bridgehead atoms. The van der Waals surface area contributed by atoms with Crippen LogP contribution in [0.1, 0.15) is 25.7 Å². The summed E-state index contributed by atoms with van der Waals surface area (Å²) >= 11 is 2.22.